The van der Waals surface area contributed by atoms with Crippen molar-refractivity contribution >= 4 is 11.7 Å². The molecule has 0 N–H and O–H groups in total. The normalized spacial score (nSPS) is 11.5. The van der Waals surface area contributed by atoms with Crippen LogP contribution in [0, 0.1) is 0 Å². The molecule has 0 bridgehead atoms. The maximum atomic E-state index is 13.0. The SMILES string of the molecule is CCc1ccccc1-c1ccccc1C[C@H](N=C(c1ccccc1)c1ccccc1)C(=O)OC. The number of benzene rings is 4. The van der Waals surface area contributed by atoms with Crippen LogP contribution in [0.5, 0.6) is 0 Å². The van der Waals surface area contributed by atoms with Gasteiger partial charge in [-0.25, -0.2) is 4.79 Å². The summed E-state index contributed by atoms with van der Waals surface area (Å²) in [5.41, 5.74) is 7.39. The zero-order chi connectivity index (χ0) is 23.8. The minimum atomic E-state index is -0.671. The first-order valence-electron chi connectivity index (χ1n) is 11.6. The first kappa shape index (κ1) is 23.2. The number of nitrogens with zero attached hydrogens (tertiary/aromatic N) is 1. The molecule has 0 saturated heterocycles. The fourth-order valence-electron chi connectivity index (χ4n) is 4.24. The van der Waals surface area contributed by atoms with E-state index in [-0.39, 0.29) is 5.97 Å². The smallest absolute Gasteiger partial charge is 0.330 e. The van der Waals surface area contributed by atoms with Crippen molar-refractivity contribution in [3.8, 4) is 11.1 Å². The van der Waals surface area contributed by atoms with Crippen LogP contribution in [-0.4, -0.2) is 24.8 Å². The zero-order valence-electron chi connectivity index (χ0n) is 19.6. The van der Waals surface area contributed by atoms with E-state index in [2.05, 4.69) is 43.3 Å². The molecule has 0 aromatic heterocycles. The molecule has 4 aromatic rings. The lowest BCUT2D eigenvalue weighted by atomic mass is 9.91. The van der Waals surface area contributed by atoms with Crippen LogP contribution in [0.15, 0.2) is 114 Å². The van der Waals surface area contributed by atoms with E-state index in [4.69, 9.17) is 9.73 Å². The average Bonchev–Trinajstić information content (AvgIpc) is 2.91. The minimum Gasteiger partial charge on any atom is -0.467 e. The van der Waals surface area contributed by atoms with Crippen molar-refractivity contribution < 1.29 is 9.53 Å². The van der Waals surface area contributed by atoms with Gasteiger partial charge in [-0.3, -0.25) is 4.99 Å². The first-order chi connectivity index (χ1) is 16.7. The van der Waals surface area contributed by atoms with Gasteiger partial charge < -0.3 is 4.74 Å². The van der Waals surface area contributed by atoms with Crippen LogP contribution in [0.3, 0.4) is 0 Å². The highest BCUT2D eigenvalue weighted by Gasteiger charge is 2.23. The van der Waals surface area contributed by atoms with Gasteiger partial charge >= 0.3 is 5.97 Å². The van der Waals surface area contributed by atoms with Gasteiger partial charge in [0.1, 0.15) is 0 Å². The lowest BCUT2D eigenvalue weighted by molar-refractivity contribution is -0.142. The number of esters is 1. The van der Waals surface area contributed by atoms with Crippen LogP contribution in [0.1, 0.15) is 29.2 Å². The lowest BCUT2D eigenvalue weighted by Crippen LogP contribution is -2.25. The second-order valence-electron chi connectivity index (χ2n) is 8.12. The third kappa shape index (κ3) is 5.32. The van der Waals surface area contributed by atoms with Crippen molar-refractivity contribution in [2.24, 2.45) is 4.99 Å². The van der Waals surface area contributed by atoms with E-state index in [0.29, 0.717) is 6.42 Å². The molecule has 4 rings (SSSR count). The Morgan fingerprint density at radius 1 is 0.706 bits per heavy atom. The van der Waals surface area contributed by atoms with Crippen molar-refractivity contribution in [3.63, 3.8) is 0 Å². The average molecular weight is 448 g/mol. The van der Waals surface area contributed by atoms with Crippen LogP contribution in [0.4, 0.5) is 0 Å². The fraction of sp³-hybridized carbons (Fsp3) is 0.161. The maximum absolute atomic E-state index is 13.0. The Labute approximate surface area is 201 Å². The second-order valence-corrected chi connectivity index (χ2v) is 8.12. The summed E-state index contributed by atoms with van der Waals surface area (Å²) in [6.07, 6.45) is 1.39. The molecule has 0 fully saturated rings. The molecule has 0 unspecified atom stereocenters. The first-order valence-corrected chi connectivity index (χ1v) is 11.6. The van der Waals surface area contributed by atoms with E-state index in [1.807, 2.05) is 72.8 Å². The Hall–Kier alpha value is -3.98. The largest absolute Gasteiger partial charge is 0.467 e. The molecule has 0 aliphatic heterocycles. The Morgan fingerprint density at radius 3 is 1.71 bits per heavy atom. The zero-order valence-corrected chi connectivity index (χ0v) is 19.6. The Bertz CT molecular complexity index is 1220. The second kappa shape index (κ2) is 11.2. The third-order valence-corrected chi connectivity index (χ3v) is 5.97. The summed E-state index contributed by atoms with van der Waals surface area (Å²) in [5, 5.41) is 0. The maximum Gasteiger partial charge on any atom is 0.330 e. The van der Waals surface area contributed by atoms with Crippen molar-refractivity contribution in [2.45, 2.75) is 25.8 Å². The summed E-state index contributed by atoms with van der Waals surface area (Å²) in [6, 6.07) is 36.0. The summed E-state index contributed by atoms with van der Waals surface area (Å²) in [6.45, 7) is 2.16. The molecule has 170 valence electrons. The van der Waals surface area contributed by atoms with E-state index < -0.39 is 6.04 Å². The number of aliphatic imine (C=N–C) groups is 1. The van der Waals surface area contributed by atoms with E-state index in [1.165, 1.54) is 18.2 Å². The fourth-order valence-corrected chi connectivity index (χ4v) is 4.24. The number of hydrogen-bond acceptors (Lipinski definition) is 3. The standard InChI is InChI=1S/C31H29NO2/c1-3-23-14-10-12-20-27(23)28-21-13-11-19-26(28)22-29(31(33)34-2)32-30(24-15-6-4-7-16-24)25-17-8-5-9-18-25/h4-21,29H,3,22H2,1-2H3/t29-/m0/s1. The third-order valence-electron chi connectivity index (χ3n) is 5.97. The highest BCUT2D eigenvalue weighted by atomic mass is 16.5. The minimum absolute atomic E-state index is 0.344. The Morgan fingerprint density at radius 2 is 1.18 bits per heavy atom. The summed E-state index contributed by atoms with van der Waals surface area (Å²) < 4.78 is 5.20. The van der Waals surface area contributed by atoms with Crippen LogP contribution in [0.25, 0.3) is 11.1 Å². The predicted octanol–water partition coefficient (Wildman–Crippen LogP) is 6.54. The molecule has 4 aromatic carbocycles. The Kier molecular flexibility index (Phi) is 7.67. The van der Waals surface area contributed by atoms with E-state index in [1.54, 1.807) is 0 Å². The van der Waals surface area contributed by atoms with Crippen molar-refractivity contribution in [1.29, 1.82) is 0 Å². The molecule has 0 radical (unpaired) electrons. The number of rotatable bonds is 8. The molecule has 0 spiro atoms. The number of carbonyl (C=O) groups excluding carboxylic acids is 1. The van der Waals surface area contributed by atoms with Crippen molar-refractivity contribution in [3.05, 3.63) is 131 Å². The van der Waals surface area contributed by atoms with Gasteiger partial charge in [0.25, 0.3) is 0 Å². The van der Waals surface area contributed by atoms with Gasteiger partial charge in [0.15, 0.2) is 6.04 Å². The molecule has 3 nitrogen and oxygen atoms in total. The number of aryl methyl sites for hydroxylation is 1. The molecule has 0 aliphatic carbocycles. The van der Waals surface area contributed by atoms with Crippen LogP contribution < -0.4 is 0 Å². The predicted molar refractivity (Wildman–Crippen MR) is 139 cm³/mol. The van der Waals surface area contributed by atoms with Gasteiger partial charge in [-0.15, -0.1) is 0 Å². The highest BCUT2D eigenvalue weighted by molar-refractivity contribution is 6.13. The number of ether oxygens (including phenoxy) is 1. The van der Waals surface area contributed by atoms with E-state index in [0.717, 1.165) is 34.4 Å². The molecule has 3 heteroatoms. The number of carbonyl (C=O) groups is 1. The highest BCUT2D eigenvalue weighted by Crippen LogP contribution is 2.29. The van der Waals surface area contributed by atoms with Gasteiger partial charge in [0, 0.05) is 17.5 Å². The molecule has 0 heterocycles. The van der Waals surface area contributed by atoms with Gasteiger partial charge in [-0.1, -0.05) is 116 Å². The summed E-state index contributed by atoms with van der Waals surface area (Å²) in [4.78, 5) is 18.0. The van der Waals surface area contributed by atoms with Gasteiger partial charge in [-0.05, 0) is 28.7 Å². The van der Waals surface area contributed by atoms with Gasteiger partial charge in [0.2, 0.25) is 0 Å². The summed E-state index contributed by atoms with van der Waals surface area (Å²) in [7, 11) is 1.42. The van der Waals surface area contributed by atoms with Gasteiger partial charge in [-0.2, -0.15) is 0 Å². The summed E-state index contributed by atoms with van der Waals surface area (Å²) >= 11 is 0. The monoisotopic (exact) mass is 447 g/mol. The summed E-state index contributed by atoms with van der Waals surface area (Å²) in [5.74, 6) is -0.344. The topological polar surface area (TPSA) is 38.7 Å². The Balaban J connectivity index is 1.80. The molecular weight excluding hydrogens is 418 g/mol. The molecule has 1 atom stereocenters. The van der Waals surface area contributed by atoms with Crippen LogP contribution in [0.2, 0.25) is 0 Å². The molecule has 34 heavy (non-hydrogen) atoms. The van der Waals surface area contributed by atoms with Crippen LogP contribution in [-0.2, 0) is 22.4 Å². The molecule has 0 saturated carbocycles. The number of hydrogen-bond donors (Lipinski definition) is 0. The van der Waals surface area contributed by atoms with Crippen molar-refractivity contribution in [1.82, 2.24) is 0 Å². The quantitative estimate of drug-likeness (QED) is 0.227. The molecule has 0 amide bonds. The van der Waals surface area contributed by atoms with Crippen LogP contribution >= 0.6 is 0 Å². The molecular formula is C31H29NO2. The van der Waals surface area contributed by atoms with Crippen molar-refractivity contribution in [2.75, 3.05) is 7.11 Å². The number of methoxy groups -OCH3 is 1. The molecule has 0 aliphatic rings. The lowest BCUT2D eigenvalue weighted by Gasteiger charge is -2.18. The van der Waals surface area contributed by atoms with Gasteiger partial charge in [0.05, 0.1) is 12.8 Å². The van der Waals surface area contributed by atoms with E-state index >= 15 is 0 Å². The van der Waals surface area contributed by atoms with E-state index in [9.17, 15) is 4.79 Å².